The number of carbonyl (C=O) groups excluding carboxylic acids is 1. The molecule has 0 unspecified atom stereocenters. The van der Waals surface area contributed by atoms with Crippen LogP contribution >= 0.6 is 0 Å². The third kappa shape index (κ3) is 3.59. The highest BCUT2D eigenvalue weighted by atomic mass is 16.1. The monoisotopic (exact) mass is 380 g/mol. The van der Waals surface area contributed by atoms with Gasteiger partial charge in [0.1, 0.15) is 0 Å². The van der Waals surface area contributed by atoms with Gasteiger partial charge in [-0.2, -0.15) is 0 Å². The van der Waals surface area contributed by atoms with E-state index < -0.39 is 5.91 Å². The Bertz CT molecular complexity index is 1160. The van der Waals surface area contributed by atoms with Crippen molar-refractivity contribution in [3.63, 3.8) is 0 Å². The van der Waals surface area contributed by atoms with Gasteiger partial charge in [-0.15, -0.1) is 0 Å². The topological polar surface area (TPSA) is 48.0 Å². The lowest BCUT2D eigenvalue weighted by atomic mass is 9.96. The fraction of sp³-hybridized carbons (Fsp3) is 0.115. The van der Waals surface area contributed by atoms with Crippen molar-refractivity contribution < 1.29 is 4.79 Å². The van der Waals surface area contributed by atoms with Crippen LogP contribution in [0.1, 0.15) is 27.2 Å². The zero-order valence-electron chi connectivity index (χ0n) is 16.7. The summed E-state index contributed by atoms with van der Waals surface area (Å²) in [6, 6.07) is 28.7. The van der Waals surface area contributed by atoms with Crippen molar-refractivity contribution in [2.24, 2.45) is 5.73 Å². The Labute approximate surface area is 171 Å². The molecule has 0 aliphatic rings. The highest BCUT2D eigenvalue weighted by Crippen LogP contribution is 2.39. The zero-order valence-corrected chi connectivity index (χ0v) is 16.7. The normalized spacial score (nSPS) is 10.8. The highest BCUT2D eigenvalue weighted by Gasteiger charge is 2.25. The first kappa shape index (κ1) is 18.8. The van der Waals surface area contributed by atoms with E-state index in [0.29, 0.717) is 12.1 Å². The van der Waals surface area contributed by atoms with Crippen LogP contribution in [-0.2, 0) is 6.54 Å². The van der Waals surface area contributed by atoms with Crippen LogP contribution in [0, 0.1) is 13.8 Å². The van der Waals surface area contributed by atoms with Crippen molar-refractivity contribution in [1.82, 2.24) is 4.57 Å². The molecule has 3 nitrogen and oxygen atoms in total. The lowest BCUT2D eigenvalue weighted by Crippen LogP contribution is -2.13. The van der Waals surface area contributed by atoms with E-state index in [1.54, 1.807) is 0 Å². The lowest BCUT2D eigenvalue weighted by Gasteiger charge is -2.14. The average Bonchev–Trinajstić information content (AvgIpc) is 3.02. The fourth-order valence-electron chi connectivity index (χ4n) is 4.01. The van der Waals surface area contributed by atoms with E-state index in [2.05, 4.69) is 47.9 Å². The molecular weight excluding hydrogens is 356 g/mol. The molecule has 0 fully saturated rings. The molecule has 0 bridgehead atoms. The summed E-state index contributed by atoms with van der Waals surface area (Å²) in [4.78, 5) is 12.5. The van der Waals surface area contributed by atoms with E-state index in [-0.39, 0.29) is 0 Å². The third-order valence-electron chi connectivity index (χ3n) is 5.30. The molecule has 4 rings (SSSR count). The number of nitrogens with two attached hydrogens (primary N) is 1. The molecule has 3 aromatic carbocycles. The number of primary amides is 1. The number of aromatic nitrogens is 1. The van der Waals surface area contributed by atoms with Gasteiger partial charge in [0.25, 0.3) is 5.91 Å². The zero-order chi connectivity index (χ0) is 20.4. The smallest absolute Gasteiger partial charge is 0.251 e. The lowest BCUT2D eigenvalue weighted by molar-refractivity contribution is 0.1000. The first-order valence-corrected chi connectivity index (χ1v) is 9.75. The Hall–Kier alpha value is -3.59. The summed E-state index contributed by atoms with van der Waals surface area (Å²) >= 11 is 0. The maximum absolute atomic E-state index is 12.5. The summed E-state index contributed by atoms with van der Waals surface area (Å²) in [6.45, 7) is 4.74. The maximum atomic E-state index is 12.5. The number of carbonyl (C=O) groups is 1. The van der Waals surface area contributed by atoms with Crippen LogP contribution in [0.2, 0.25) is 0 Å². The van der Waals surface area contributed by atoms with E-state index in [0.717, 1.165) is 28.1 Å². The van der Waals surface area contributed by atoms with E-state index in [4.69, 9.17) is 5.73 Å². The summed E-state index contributed by atoms with van der Waals surface area (Å²) in [5, 5.41) is 0. The molecule has 3 heteroatoms. The molecule has 0 atom stereocenters. The number of aryl methyl sites for hydroxylation is 1. The minimum atomic E-state index is -0.401. The predicted octanol–water partition coefficient (Wildman–Crippen LogP) is 5.59. The molecule has 0 saturated heterocycles. The molecular formula is C26H24N2O. The number of nitrogens with zero attached hydrogens (tertiary/aromatic N) is 1. The fourth-order valence-corrected chi connectivity index (χ4v) is 4.01. The van der Waals surface area contributed by atoms with Crippen molar-refractivity contribution in [2.75, 3.05) is 0 Å². The van der Waals surface area contributed by atoms with E-state index >= 15 is 0 Å². The Morgan fingerprint density at radius 2 is 1.45 bits per heavy atom. The highest BCUT2D eigenvalue weighted by molar-refractivity contribution is 6.05. The largest absolute Gasteiger partial charge is 0.366 e. The standard InChI is InChI=1S/C26H24N2O/c1-18-10-9-11-20(16-18)17-28-19(2)23(26(27)29)24(21-12-5-3-6-13-21)25(28)22-14-7-4-8-15-22/h3-16H,17H2,1-2H3,(H2,27,29). The number of benzene rings is 3. The van der Waals surface area contributed by atoms with E-state index in [1.165, 1.54) is 11.1 Å². The molecule has 1 aromatic heterocycles. The molecule has 29 heavy (non-hydrogen) atoms. The molecule has 0 radical (unpaired) electrons. The van der Waals surface area contributed by atoms with Gasteiger partial charge in [0.15, 0.2) is 0 Å². The van der Waals surface area contributed by atoms with Gasteiger partial charge >= 0.3 is 0 Å². The van der Waals surface area contributed by atoms with Gasteiger partial charge in [-0.1, -0.05) is 90.5 Å². The van der Waals surface area contributed by atoms with Crippen molar-refractivity contribution in [2.45, 2.75) is 20.4 Å². The van der Waals surface area contributed by atoms with Gasteiger partial charge in [0, 0.05) is 17.8 Å². The van der Waals surface area contributed by atoms with Crippen molar-refractivity contribution in [3.05, 3.63) is 107 Å². The van der Waals surface area contributed by atoms with Crippen LogP contribution in [-0.4, -0.2) is 10.5 Å². The second-order valence-corrected chi connectivity index (χ2v) is 7.36. The van der Waals surface area contributed by atoms with E-state index in [9.17, 15) is 4.79 Å². The van der Waals surface area contributed by atoms with Crippen LogP contribution < -0.4 is 5.73 Å². The van der Waals surface area contributed by atoms with Crippen LogP contribution in [0.4, 0.5) is 0 Å². The molecule has 0 aliphatic carbocycles. The van der Waals surface area contributed by atoms with Crippen molar-refractivity contribution >= 4 is 5.91 Å². The van der Waals surface area contributed by atoms with E-state index in [1.807, 2.05) is 55.5 Å². The molecule has 0 saturated carbocycles. The molecule has 144 valence electrons. The molecule has 0 spiro atoms. The number of hydrogen-bond donors (Lipinski definition) is 1. The molecule has 1 amide bonds. The quantitative estimate of drug-likeness (QED) is 0.482. The summed E-state index contributed by atoms with van der Waals surface area (Å²) in [5.41, 5.74) is 13.7. The Morgan fingerprint density at radius 3 is 2.03 bits per heavy atom. The van der Waals surface area contributed by atoms with Gasteiger partial charge in [0.05, 0.1) is 11.3 Å². The second kappa shape index (κ2) is 7.80. The molecule has 1 heterocycles. The summed E-state index contributed by atoms with van der Waals surface area (Å²) in [5.74, 6) is -0.401. The second-order valence-electron chi connectivity index (χ2n) is 7.36. The van der Waals surface area contributed by atoms with Gasteiger partial charge < -0.3 is 10.3 Å². The summed E-state index contributed by atoms with van der Waals surface area (Å²) < 4.78 is 2.21. The number of hydrogen-bond acceptors (Lipinski definition) is 1. The van der Waals surface area contributed by atoms with Crippen LogP contribution in [0.15, 0.2) is 84.9 Å². The van der Waals surface area contributed by atoms with Crippen LogP contribution in [0.25, 0.3) is 22.4 Å². The number of rotatable bonds is 5. The van der Waals surface area contributed by atoms with Gasteiger partial charge in [-0.05, 0) is 30.5 Å². The Kier molecular flexibility index (Phi) is 5.05. The minimum Gasteiger partial charge on any atom is -0.366 e. The third-order valence-corrected chi connectivity index (χ3v) is 5.30. The Balaban J connectivity index is 2.03. The first-order chi connectivity index (χ1) is 14.1. The predicted molar refractivity (Wildman–Crippen MR) is 119 cm³/mol. The van der Waals surface area contributed by atoms with Gasteiger partial charge in [-0.25, -0.2) is 0 Å². The summed E-state index contributed by atoms with van der Waals surface area (Å²) in [6.07, 6.45) is 0. The van der Waals surface area contributed by atoms with Crippen LogP contribution in [0.5, 0.6) is 0 Å². The van der Waals surface area contributed by atoms with Crippen molar-refractivity contribution in [3.8, 4) is 22.4 Å². The average molecular weight is 380 g/mol. The minimum absolute atomic E-state index is 0.401. The SMILES string of the molecule is Cc1cccc(Cn2c(C)c(C(N)=O)c(-c3ccccc3)c2-c2ccccc2)c1. The van der Waals surface area contributed by atoms with Crippen LogP contribution in [0.3, 0.4) is 0 Å². The van der Waals surface area contributed by atoms with Gasteiger partial charge in [-0.3, -0.25) is 4.79 Å². The maximum Gasteiger partial charge on any atom is 0.251 e. The van der Waals surface area contributed by atoms with Gasteiger partial charge in [0.2, 0.25) is 0 Å². The summed E-state index contributed by atoms with van der Waals surface area (Å²) in [7, 11) is 0. The number of amides is 1. The molecule has 0 aliphatic heterocycles. The Morgan fingerprint density at radius 1 is 0.828 bits per heavy atom. The molecule has 2 N–H and O–H groups in total. The molecule has 4 aromatic rings. The van der Waals surface area contributed by atoms with Crippen molar-refractivity contribution in [1.29, 1.82) is 0 Å². The first-order valence-electron chi connectivity index (χ1n) is 9.75.